The standard InChI is InChI=1S/C14H16O2S/c1-16-14(15)10-9-13-7-3-2-6-12(13)8-4-5-11-17/h2-3,6-7,17H,5,9-11H2,1H3. The SMILES string of the molecule is COC(=O)CCc1ccccc1C#CCCS. The number of thiol groups is 1. The topological polar surface area (TPSA) is 26.3 Å². The van der Waals surface area contributed by atoms with E-state index in [4.69, 9.17) is 0 Å². The van der Waals surface area contributed by atoms with Crippen molar-refractivity contribution in [3.8, 4) is 11.8 Å². The molecule has 0 aliphatic heterocycles. The van der Waals surface area contributed by atoms with Crippen molar-refractivity contribution >= 4 is 18.6 Å². The summed E-state index contributed by atoms with van der Waals surface area (Å²) in [5.74, 6) is 6.73. The zero-order valence-corrected chi connectivity index (χ0v) is 10.8. The Morgan fingerprint density at radius 3 is 2.88 bits per heavy atom. The number of benzene rings is 1. The number of rotatable bonds is 4. The summed E-state index contributed by atoms with van der Waals surface area (Å²) in [6.07, 6.45) is 1.83. The van der Waals surface area contributed by atoms with Crippen molar-refractivity contribution in [2.45, 2.75) is 19.3 Å². The van der Waals surface area contributed by atoms with E-state index in [1.54, 1.807) is 0 Å². The summed E-state index contributed by atoms with van der Waals surface area (Å²) in [5.41, 5.74) is 2.07. The largest absolute Gasteiger partial charge is 0.469 e. The first-order valence-corrected chi connectivity index (χ1v) is 6.15. The minimum absolute atomic E-state index is 0.192. The third kappa shape index (κ3) is 4.97. The summed E-state index contributed by atoms with van der Waals surface area (Å²) in [7, 11) is 1.40. The number of hydrogen-bond donors (Lipinski definition) is 1. The van der Waals surface area contributed by atoms with E-state index in [9.17, 15) is 4.79 Å². The lowest BCUT2D eigenvalue weighted by molar-refractivity contribution is -0.140. The number of hydrogen-bond acceptors (Lipinski definition) is 3. The van der Waals surface area contributed by atoms with Crippen LogP contribution >= 0.6 is 12.6 Å². The Labute approximate surface area is 108 Å². The van der Waals surface area contributed by atoms with E-state index in [1.165, 1.54) is 7.11 Å². The van der Waals surface area contributed by atoms with Gasteiger partial charge in [0.25, 0.3) is 0 Å². The van der Waals surface area contributed by atoms with Crippen molar-refractivity contribution in [2.24, 2.45) is 0 Å². The van der Waals surface area contributed by atoms with Gasteiger partial charge < -0.3 is 4.74 Å². The van der Waals surface area contributed by atoms with Gasteiger partial charge in [-0.25, -0.2) is 0 Å². The molecule has 1 aromatic carbocycles. The Morgan fingerprint density at radius 2 is 2.18 bits per heavy atom. The number of carbonyl (C=O) groups is 1. The molecule has 0 heterocycles. The fraction of sp³-hybridized carbons (Fsp3) is 0.357. The van der Waals surface area contributed by atoms with Crippen LogP contribution in [-0.2, 0) is 16.0 Å². The van der Waals surface area contributed by atoms with Gasteiger partial charge in [-0.2, -0.15) is 12.6 Å². The maximum absolute atomic E-state index is 11.1. The first-order chi connectivity index (χ1) is 8.27. The molecule has 17 heavy (non-hydrogen) atoms. The molecule has 1 aromatic rings. The maximum atomic E-state index is 11.1. The Morgan fingerprint density at radius 1 is 1.41 bits per heavy atom. The quantitative estimate of drug-likeness (QED) is 0.503. The molecular weight excluding hydrogens is 232 g/mol. The van der Waals surface area contributed by atoms with Gasteiger partial charge >= 0.3 is 5.97 Å². The molecule has 0 N–H and O–H groups in total. The molecule has 0 aliphatic rings. The lowest BCUT2D eigenvalue weighted by Gasteiger charge is -2.03. The van der Waals surface area contributed by atoms with Gasteiger partial charge in [0, 0.05) is 24.2 Å². The number of aryl methyl sites for hydroxylation is 1. The number of methoxy groups -OCH3 is 1. The predicted octanol–water partition coefficient (Wildman–Crippen LogP) is 2.46. The van der Waals surface area contributed by atoms with Gasteiger partial charge in [0.05, 0.1) is 7.11 Å². The molecular formula is C14H16O2S. The average Bonchev–Trinajstić information content (AvgIpc) is 2.37. The van der Waals surface area contributed by atoms with Crippen LogP contribution in [0.2, 0.25) is 0 Å². The van der Waals surface area contributed by atoms with Crippen LogP contribution in [0.25, 0.3) is 0 Å². The molecule has 0 atom stereocenters. The molecule has 0 amide bonds. The Kier molecular flexibility index (Phi) is 6.27. The van der Waals surface area contributed by atoms with E-state index in [0.717, 1.165) is 23.3 Å². The second kappa shape index (κ2) is 7.81. The number of esters is 1. The Hall–Kier alpha value is -1.40. The summed E-state index contributed by atoms with van der Waals surface area (Å²) < 4.78 is 4.63. The third-order valence-corrected chi connectivity index (χ3v) is 2.53. The first kappa shape index (κ1) is 13.7. The zero-order chi connectivity index (χ0) is 12.5. The van der Waals surface area contributed by atoms with Crippen LogP contribution in [0.15, 0.2) is 24.3 Å². The highest BCUT2D eigenvalue weighted by molar-refractivity contribution is 7.80. The molecule has 0 aromatic heterocycles. The maximum Gasteiger partial charge on any atom is 0.305 e. The number of ether oxygens (including phenoxy) is 1. The van der Waals surface area contributed by atoms with Crippen molar-refractivity contribution in [1.82, 2.24) is 0 Å². The van der Waals surface area contributed by atoms with Crippen LogP contribution in [0.3, 0.4) is 0 Å². The van der Waals surface area contributed by atoms with Gasteiger partial charge in [0.1, 0.15) is 0 Å². The highest BCUT2D eigenvalue weighted by Crippen LogP contribution is 2.10. The smallest absolute Gasteiger partial charge is 0.305 e. The lowest BCUT2D eigenvalue weighted by Crippen LogP contribution is -2.02. The van der Waals surface area contributed by atoms with Crippen LogP contribution in [-0.4, -0.2) is 18.8 Å². The van der Waals surface area contributed by atoms with Crippen LogP contribution in [0, 0.1) is 11.8 Å². The molecule has 0 radical (unpaired) electrons. The van der Waals surface area contributed by atoms with Crippen molar-refractivity contribution in [2.75, 3.05) is 12.9 Å². The average molecular weight is 248 g/mol. The van der Waals surface area contributed by atoms with E-state index < -0.39 is 0 Å². The molecule has 0 bridgehead atoms. The molecule has 0 fully saturated rings. The minimum atomic E-state index is -0.192. The monoisotopic (exact) mass is 248 g/mol. The van der Waals surface area contributed by atoms with E-state index in [1.807, 2.05) is 24.3 Å². The molecule has 90 valence electrons. The fourth-order valence-corrected chi connectivity index (χ4v) is 1.52. The molecule has 0 aliphatic carbocycles. The van der Waals surface area contributed by atoms with Gasteiger partial charge in [-0.05, 0) is 18.1 Å². The van der Waals surface area contributed by atoms with Crippen LogP contribution in [0.4, 0.5) is 0 Å². The molecule has 2 nitrogen and oxygen atoms in total. The molecule has 1 rings (SSSR count). The van der Waals surface area contributed by atoms with Crippen molar-refractivity contribution < 1.29 is 9.53 Å². The van der Waals surface area contributed by atoms with Crippen LogP contribution < -0.4 is 0 Å². The molecule has 0 saturated heterocycles. The van der Waals surface area contributed by atoms with Gasteiger partial charge in [-0.1, -0.05) is 30.0 Å². The lowest BCUT2D eigenvalue weighted by atomic mass is 10.0. The first-order valence-electron chi connectivity index (χ1n) is 5.52. The van der Waals surface area contributed by atoms with E-state index in [2.05, 4.69) is 29.2 Å². The minimum Gasteiger partial charge on any atom is -0.469 e. The predicted molar refractivity (Wildman–Crippen MR) is 72.1 cm³/mol. The highest BCUT2D eigenvalue weighted by atomic mass is 32.1. The van der Waals surface area contributed by atoms with Gasteiger partial charge in [0.15, 0.2) is 0 Å². The van der Waals surface area contributed by atoms with Crippen molar-refractivity contribution in [3.05, 3.63) is 35.4 Å². The van der Waals surface area contributed by atoms with E-state index in [-0.39, 0.29) is 5.97 Å². The summed E-state index contributed by atoms with van der Waals surface area (Å²) >= 11 is 4.11. The van der Waals surface area contributed by atoms with E-state index in [0.29, 0.717) is 12.8 Å². The second-order valence-corrected chi connectivity index (χ2v) is 3.96. The number of carbonyl (C=O) groups excluding carboxylic acids is 1. The van der Waals surface area contributed by atoms with Crippen LogP contribution in [0.1, 0.15) is 24.0 Å². The van der Waals surface area contributed by atoms with Crippen LogP contribution in [0.5, 0.6) is 0 Å². The van der Waals surface area contributed by atoms with Gasteiger partial charge in [0.2, 0.25) is 0 Å². The van der Waals surface area contributed by atoms with Crippen molar-refractivity contribution in [3.63, 3.8) is 0 Å². The molecule has 0 saturated carbocycles. The Bertz CT molecular complexity index is 429. The molecule has 0 unspecified atom stereocenters. The van der Waals surface area contributed by atoms with Crippen molar-refractivity contribution in [1.29, 1.82) is 0 Å². The third-order valence-electron chi connectivity index (χ3n) is 2.30. The Balaban J connectivity index is 2.71. The summed E-state index contributed by atoms with van der Waals surface area (Å²) in [6, 6.07) is 7.87. The summed E-state index contributed by atoms with van der Waals surface area (Å²) in [4.78, 5) is 11.1. The van der Waals surface area contributed by atoms with E-state index >= 15 is 0 Å². The normalized spacial score (nSPS) is 9.29. The zero-order valence-electron chi connectivity index (χ0n) is 9.90. The second-order valence-electron chi connectivity index (χ2n) is 3.51. The fourth-order valence-electron chi connectivity index (χ4n) is 1.41. The molecule has 0 spiro atoms. The summed E-state index contributed by atoms with van der Waals surface area (Å²) in [6.45, 7) is 0. The van der Waals surface area contributed by atoms with Gasteiger partial charge in [-0.3, -0.25) is 4.79 Å². The highest BCUT2D eigenvalue weighted by Gasteiger charge is 2.04. The molecule has 3 heteroatoms. The summed E-state index contributed by atoms with van der Waals surface area (Å²) in [5, 5.41) is 0. The van der Waals surface area contributed by atoms with Gasteiger partial charge in [-0.15, -0.1) is 0 Å².